The van der Waals surface area contributed by atoms with Crippen LogP contribution in [0.25, 0.3) is 0 Å². The summed E-state index contributed by atoms with van der Waals surface area (Å²) in [6.07, 6.45) is 1.78. The van der Waals surface area contributed by atoms with Crippen LogP contribution in [0, 0.1) is 9.52 Å². The molecule has 0 saturated heterocycles. The molecule has 2 aromatic rings. The van der Waals surface area contributed by atoms with E-state index in [-0.39, 0.29) is 23.7 Å². The van der Waals surface area contributed by atoms with Gasteiger partial charge in [0.15, 0.2) is 11.6 Å². The molecule has 2 heterocycles. The van der Waals surface area contributed by atoms with E-state index in [0.29, 0.717) is 25.9 Å². The van der Waals surface area contributed by atoms with E-state index >= 15 is 0 Å². The lowest BCUT2D eigenvalue weighted by atomic mass is 10.00. The smallest absolute Gasteiger partial charge is 0.410 e. The molecule has 0 radical (unpaired) electrons. The molecule has 30 heavy (non-hydrogen) atoms. The number of carbonyl (C=O) groups excluding carboxylic acids is 1. The SMILES string of the molecule is CCc1nc(I)c2n1CCN(C(=O)OC(C)(C)C)C2CCc1ccc(OC)c(F)c1. The summed E-state index contributed by atoms with van der Waals surface area (Å²) in [5.74, 6) is 0.876. The van der Waals surface area contributed by atoms with Gasteiger partial charge in [-0.2, -0.15) is 0 Å². The van der Waals surface area contributed by atoms with Crippen molar-refractivity contribution in [1.82, 2.24) is 14.5 Å². The zero-order valence-corrected chi connectivity index (χ0v) is 20.3. The van der Waals surface area contributed by atoms with Gasteiger partial charge in [-0.3, -0.25) is 4.90 Å². The van der Waals surface area contributed by atoms with Crippen LogP contribution in [0.1, 0.15) is 57.2 Å². The Morgan fingerprint density at radius 3 is 2.67 bits per heavy atom. The van der Waals surface area contributed by atoms with Crippen molar-refractivity contribution in [2.75, 3.05) is 13.7 Å². The van der Waals surface area contributed by atoms with E-state index in [1.165, 1.54) is 13.2 Å². The van der Waals surface area contributed by atoms with Gasteiger partial charge in [0.25, 0.3) is 0 Å². The highest BCUT2D eigenvalue weighted by Gasteiger charge is 2.36. The predicted molar refractivity (Wildman–Crippen MR) is 121 cm³/mol. The normalized spacial score (nSPS) is 16.4. The molecular weight excluding hydrogens is 500 g/mol. The number of halogens is 2. The number of nitrogens with zero attached hydrogens (tertiary/aromatic N) is 3. The number of hydrogen-bond donors (Lipinski definition) is 0. The molecule has 164 valence electrons. The molecule has 0 spiro atoms. The van der Waals surface area contributed by atoms with E-state index < -0.39 is 5.60 Å². The second kappa shape index (κ2) is 9.11. The number of amides is 1. The van der Waals surface area contributed by atoms with Crippen LogP contribution < -0.4 is 4.74 Å². The fourth-order valence-electron chi connectivity index (χ4n) is 3.83. The number of benzene rings is 1. The van der Waals surface area contributed by atoms with Crippen molar-refractivity contribution in [3.05, 3.63) is 44.8 Å². The van der Waals surface area contributed by atoms with Crippen LogP contribution in [-0.4, -0.2) is 39.8 Å². The van der Waals surface area contributed by atoms with Gasteiger partial charge in [0.1, 0.15) is 15.1 Å². The monoisotopic (exact) mass is 529 g/mol. The largest absolute Gasteiger partial charge is 0.494 e. The number of carbonyl (C=O) groups is 1. The highest BCUT2D eigenvalue weighted by molar-refractivity contribution is 14.1. The molecule has 1 aliphatic rings. The first-order chi connectivity index (χ1) is 14.1. The highest BCUT2D eigenvalue weighted by atomic mass is 127. The van der Waals surface area contributed by atoms with Gasteiger partial charge in [0.05, 0.1) is 18.8 Å². The molecule has 0 saturated carbocycles. The number of imidazole rings is 1. The zero-order valence-electron chi connectivity index (χ0n) is 18.2. The van der Waals surface area contributed by atoms with Crippen molar-refractivity contribution >= 4 is 28.7 Å². The minimum Gasteiger partial charge on any atom is -0.494 e. The van der Waals surface area contributed by atoms with E-state index in [0.717, 1.165) is 27.2 Å². The molecule has 0 fully saturated rings. The molecule has 1 unspecified atom stereocenters. The van der Waals surface area contributed by atoms with Crippen molar-refractivity contribution in [2.45, 2.75) is 65.1 Å². The predicted octanol–water partition coefficient (Wildman–Crippen LogP) is 5.12. The van der Waals surface area contributed by atoms with E-state index in [1.54, 1.807) is 11.0 Å². The molecule has 1 atom stereocenters. The van der Waals surface area contributed by atoms with E-state index in [1.807, 2.05) is 26.8 Å². The minimum atomic E-state index is -0.569. The summed E-state index contributed by atoms with van der Waals surface area (Å²) < 4.78 is 27.9. The van der Waals surface area contributed by atoms with Crippen LogP contribution in [0.2, 0.25) is 0 Å². The van der Waals surface area contributed by atoms with Crippen molar-refractivity contribution in [2.24, 2.45) is 0 Å². The number of methoxy groups -OCH3 is 1. The van der Waals surface area contributed by atoms with E-state index in [4.69, 9.17) is 14.5 Å². The first kappa shape index (κ1) is 22.8. The molecule has 1 aliphatic heterocycles. The summed E-state index contributed by atoms with van der Waals surface area (Å²) in [6.45, 7) is 8.94. The fraction of sp³-hybridized carbons (Fsp3) is 0.545. The van der Waals surface area contributed by atoms with E-state index in [2.05, 4.69) is 34.1 Å². The lowest BCUT2D eigenvalue weighted by Crippen LogP contribution is -2.45. The van der Waals surface area contributed by atoms with Crippen LogP contribution in [0.3, 0.4) is 0 Å². The van der Waals surface area contributed by atoms with Gasteiger partial charge in [-0.1, -0.05) is 13.0 Å². The highest BCUT2D eigenvalue weighted by Crippen LogP contribution is 2.35. The Labute approximate surface area is 190 Å². The van der Waals surface area contributed by atoms with Crippen LogP contribution >= 0.6 is 22.6 Å². The molecule has 3 rings (SSSR count). The average Bonchev–Trinajstić information content (AvgIpc) is 3.01. The van der Waals surface area contributed by atoms with Gasteiger partial charge < -0.3 is 14.0 Å². The average molecular weight is 529 g/mol. The zero-order chi connectivity index (χ0) is 22.1. The second-order valence-electron chi connectivity index (χ2n) is 8.41. The number of aromatic nitrogens is 2. The molecule has 8 heteroatoms. The first-order valence-electron chi connectivity index (χ1n) is 10.2. The quantitative estimate of drug-likeness (QED) is 0.505. The molecule has 6 nitrogen and oxygen atoms in total. The number of ether oxygens (including phenoxy) is 2. The number of aryl methyl sites for hydroxylation is 2. The van der Waals surface area contributed by atoms with Gasteiger partial charge in [-0.15, -0.1) is 0 Å². The van der Waals surface area contributed by atoms with Crippen LogP contribution in [0.5, 0.6) is 5.75 Å². The number of rotatable bonds is 5. The number of hydrogen-bond acceptors (Lipinski definition) is 4. The lowest BCUT2D eigenvalue weighted by Gasteiger charge is -2.38. The summed E-state index contributed by atoms with van der Waals surface area (Å²) in [7, 11) is 1.45. The van der Waals surface area contributed by atoms with Gasteiger partial charge in [0, 0.05) is 19.5 Å². The van der Waals surface area contributed by atoms with Gasteiger partial charge in [-0.05, 0) is 73.9 Å². The van der Waals surface area contributed by atoms with Gasteiger partial charge in [-0.25, -0.2) is 14.2 Å². The number of fused-ring (bicyclic) bond motifs is 1. The Morgan fingerprint density at radius 1 is 1.33 bits per heavy atom. The molecular formula is C22H29FIN3O3. The Morgan fingerprint density at radius 2 is 2.07 bits per heavy atom. The maximum atomic E-state index is 14.1. The maximum absolute atomic E-state index is 14.1. The van der Waals surface area contributed by atoms with Crippen LogP contribution in [-0.2, 0) is 24.1 Å². The summed E-state index contributed by atoms with van der Waals surface area (Å²) in [6, 6.07) is 4.82. The lowest BCUT2D eigenvalue weighted by molar-refractivity contribution is 0.00934. The topological polar surface area (TPSA) is 56.6 Å². The van der Waals surface area contributed by atoms with Crippen molar-refractivity contribution in [3.8, 4) is 5.75 Å². The summed E-state index contributed by atoms with van der Waals surface area (Å²) in [5, 5.41) is 0. The third kappa shape index (κ3) is 4.90. The molecule has 1 aromatic carbocycles. The standard InChI is InChI=1S/C22H29FIN3O3/c1-6-18-25-20(24)19-16(9-7-14-8-10-17(29-5)15(23)13-14)26(11-12-27(18)19)21(28)30-22(2,3)4/h8,10,13,16H,6-7,9,11-12H2,1-5H3. The molecule has 0 aliphatic carbocycles. The van der Waals surface area contributed by atoms with Gasteiger partial charge >= 0.3 is 6.09 Å². The summed E-state index contributed by atoms with van der Waals surface area (Å²) >= 11 is 2.25. The third-order valence-electron chi connectivity index (χ3n) is 5.16. The Bertz CT molecular complexity index is 923. The van der Waals surface area contributed by atoms with Crippen LogP contribution in [0.15, 0.2) is 18.2 Å². The summed E-state index contributed by atoms with van der Waals surface area (Å²) in [4.78, 5) is 19.5. The minimum absolute atomic E-state index is 0.182. The maximum Gasteiger partial charge on any atom is 0.410 e. The van der Waals surface area contributed by atoms with E-state index in [9.17, 15) is 9.18 Å². The second-order valence-corrected chi connectivity index (χ2v) is 9.43. The summed E-state index contributed by atoms with van der Waals surface area (Å²) in [5.41, 5.74) is 1.33. The first-order valence-corrected chi connectivity index (χ1v) is 11.3. The van der Waals surface area contributed by atoms with Crippen molar-refractivity contribution < 1.29 is 18.7 Å². The van der Waals surface area contributed by atoms with Crippen LogP contribution in [0.4, 0.5) is 9.18 Å². The molecule has 0 N–H and O–H groups in total. The van der Waals surface area contributed by atoms with Crippen molar-refractivity contribution in [1.29, 1.82) is 0 Å². The van der Waals surface area contributed by atoms with Crippen molar-refractivity contribution in [3.63, 3.8) is 0 Å². The molecule has 1 amide bonds. The molecule has 1 aromatic heterocycles. The Balaban J connectivity index is 1.90. The molecule has 0 bridgehead atoms. The third-order valence-corrected chi connectivity index (χ3v) is 5.96. The Kier molecular flexibility index (Phi) is 6.94. The Hall–Kier alpha value is -1.84. The fourth-order valence-corrected chi connectivity index (χ4v) is 4.76. The van der Waals surface area contributed by atoms with Gasteiger partial charge in [0.2, 0.25) is 0 Å².